The molecule has 0 saturated heterocycles. The predicted molar refractivity (Wildman–Crippen MR) is 199 cm³/mol. The molecule has 2 aliphatic heterocycles. The highest BCUT2D eigenvalue weighted by Crippen LogP contribution is 2.61. The third-order valence-corrected chi connectivity index (χ3v) is 10.0. The summed E-state index contributed by atoms with van der Waals surface area (Å²) >= 11 is 0. The number of benzene rings is 5. The first-order valence-corrected chi connectivity index (χ1v) is 17.3. The average molecular weight is 681 g/mol. The number of fused-ring (bicyclic) bond motifs is 5. The van der Waals surface area contributed by atoms with E-state index in [4.69, 9.17) is 9.84 Å². The van der Waals surface area contributed by atoms with Gasteiger partial charge >= 0.3 is 5.97 Å². The van der Waals surface area contributed by atoms with E-state index in [0.717, 1.165) is 16.8 Å². The van der Waals surface area contributed by atoms with Gasteiger partial charge in [-0.3, -0.25) is 9.59 Å². The average Bonchev–Trinajstić information content (AvgIpc) is 3.80. The lowest BCUT2D eigenvalue weighted by atomic mass is 9.65. The van der Waals surface area contributed by atoms with Gasteiger partial charge in [-0.1, -0.05) is 133 Å². The number of nitrogens with zero attached hydrogens (tertiary/aromatic N) is 3. The number of para-hydroxylation sites is 1. The first-order chi connectivity index (χ1) is 25.5. The number of rotatable bonds is 7. The molecule has 9 rings (SSSR count). The molecule has 1 amide bonds. The van der Waals surface area contributed by atoms with Crippen molar-refractivity contribution in [2.75, 3.05) is 11.9 Å². The van der Waals surface area contributed by atoms with Gasteiger partial charge in [0.2, 0.25) is 5.91 Å². The number of nitrogens with one attached hydrogen (secondary N) is 1. The van der Waals surface area contributed by atoms with Crippen LogP contribution in [0, 0.1) is 0 Å². The van der Waals surface area contributed by atoms with Crippen LogP contribution in [0.5, 0.6) is 0 Å². The van der Waals surface area contributed by atoms with Gasteiger partial charge in [-0.05, 0) is 30.2 Å². The molecule has 1 aromatic heterocycles. The van der Waals surface area contributed by atoms with Crippen LogP contribution in [0.4, 0.5) is 5.82 Å². The van der Waals surface area contributed by atoms with Crippen molar-refractivity contribution in [1.29, 1.82) is 0 Å². The molecule has 8 nitrogen and oxygen atoms in total. The molecule has 252 valence electrons. The molecule has 1 N–H and O–H groups in total. The topological polar surface area (TPSA) is 93.5 Å². The molecule has 52 heavy (non-hydrogen) atoms. The minimum absolute atomic E-state index is 0.0629. The SMILES string of the molecule is CCOC(=O)C1=C(c2ccccc2)N(Cc2ccccc2)C(=O)C12C1=C(Nc3c2c(-c2ccccc2)nn3-c2ccccc2)c2ccccc2C1=O. The Bertz CT molecular complexity index is 2470. The highest BCUT2D eigenvalue weighted by Gasteiger charge is 2.66. The summed E-state index contributed by atoms with van der Waals surface area (Å²) in [6.07, 6.45) is 0. The molecular weight excluding hydrogens is 649 g/mol. The summed E-state index contributed by atoms with van der Waals surface area (Å²) in [6.45, 7) is 1.95. The van der Waals surface area contributed by atoms with E-state index in [1.807, 2.05) is 140 Å². The van der Waals surface area contributed by atoms with E-state index >= 15 is 9.59 Å². The van der Waals surface area contributed by atoms with Crippen LogP contribution in [-0.2, 0) is 26.3 Å². The number of aromatic nitrogens is 2. The molecular formula is C44H32N4O4. The number of hydrogen-bond donors (Lipinski definition) is 1. The quantitative estimate of drug-likeness (QED) is 0.173. The van der Waals surface area contributed by atoms with Crippen LogP contribution in [0.15, 0.2) is 157 Å². The largest absolute Gasteiger partial charge is 0.463 e. The van der Waals surface area contributed by atoms with Crippen molar-refractivity contribution in [2.45, 2.75) is 18.9 Å². The maximum absolute atomic E-state index is 16.1. The molecule has 1 aliphatic carbocycles. The lowest BCUT2D eigenvalue weighted by molar-refractivity contribution is -0.140. The summed E-state index contributed by atoms with van der Waals surface area (Å²) in [4.78, 5) is 47.7. The second-order valence-electron chi connectivity index (χ2n) is 12.9. The van der Waals surface area contributed by atoms with Gasteiger partial charge in [-0.2, -0.15) is 5.10 Å². The van der Waals surface area contributed by atoms with Crippen LogP contribution in [-0.4, -0.2) is 38.9 Å². The number of amides is 1. The molecule has 0 bridgehead atoms. The Morgan fingerprint density at radius 1 is 0.731 bits per heavy atom. The van der Waals surface area contributed by atoms with Gasteiger partial charge in [0, 0.05) is 27.8 Å². The Morgan fingerprint density at radius 2 is 1.31 bits per heavy atom. The van der Waals surface area contributed by atoms with Crippen molar-refractivity contribution in [3.63, 3.8) is 0 Å². The van der Waals surface area contributed by atoms with Crippen LogP contribution < -0.4 is 5.32 Å². The fourth-order valence-corrected chi connectivity index (χ4v) is 7.91. The molecule has 6 aromatic rings. The number of hydrogen-bond acceptors (Lipinski definition) is 6. The van der Waals surface area contributed by atoms with E-state index in [-0.39, 0.29) is 30.1 Å². The summed E-state index contributed by atoms with van der Waals surface area (Å²) in [6, 6.07) is 45.6. The van der Waals surface area contributed by atoms with Crippen molar-refractivity contribution >= 4 is 34.9 Å². The van der Waals surface area contributed by atoms with Gasteiger partial charge < -0.3 is 15.0 Å². The van der Waals surface area contributed by atoms with Crippen molar-refractivity contribution in [3.8, 4) is 16.9 Å². The third kappa shape index (κ3) is 4.47. The highest BCUT2D eigenvalue weighted by atomic mass is 16.5. The molecule has 5 aromatic carbocycles. The Labute approximate surface area is 300 Å². The maximum atomic E-state index is 16.1. The number of esters is 1. The minimum Gasteiger partial charge on any atom is -0.463 e. The molecule has 3 heterocycles. The summed E-state index contributed by atoms with van der Waals surface area (Å²) < 4.78 is 7.68. The second kappa shape index (κ2) is 12.2. The van der Waals surface area contributed by atoms with E-state index in [1.54, 1.807) is 22.6 Å². The zero-order valence-electron chi connectivity index (χ0n) is 28.2. The van der Waals surface area contributed by atoms with Gasteiger partial charge in [0.15, 0.2) is 5.78 Å². The Morgan fingerprint density at radius 3 is 1.96 bits per heavy atom. The number of carbonyl (C=O) groups excluding carboxylic acids is 3. The van der Waals surface area contributed by atoms with E-state index in [1.165, 1.54) is 0 Å². The standard InChI is InChI=1S/C44H32N4O4/c1-2-52-42(50)36-39(30-21-11-5-12-22-30)47(27-28-17-7-3-8-18-28)43(51)44(36)34-38(32-25-15-16-26-33(32)40(34)49)45-41-35(44)37(29-19-9-4-10-20-29)46-48(41)31-23-13-6-14-24-31/h3-26,45H,2,27H2,1H3. The van der Waals surface area contributed by atoms with Gasteiger partial charge in [-0.15, -0.1) is 0 Å². The first kappa shape index (κ1) is 31.2. The third-order valence-electron chi connectivity index (χ3n) is 10.0. The number of carbonyl (C=O) groups is 3. The normalized spacial score (nSPS) is 17.3. The fourth-order valence-electron chi connectivity index (χ4n) is 7.91. The number of Topliss-reactive ketones (excluding diaryl/α,β-unsaturated/α-hetero) is 1. The van der Waals surface area contributed by atoms with Crippen LogP contribution in [0.25, 0.3) is 28.3 Å². The molecule has 0 saturated carbocycles. The van der Waals surface area contributed by atoms with Crippen molar-refractivity contribution < 1.29 is 19.1 Å². The van der Waals surface area contributed by atoms with Crippen molar-refractivity contribution in [1.82, 2.24) is 14.7 Å². The molecule has 8 heteroatoms. The van der Waals surface area contributed by atoms with E-state index in [2.05, 4.69) is 5.32 Å². The van der Waals surface area contributed by atoms with Gasteiger partial charge in [0.05, 0.1) is 41.5 Å². The zero-order valence-corrected chi connectivity index (χ0v) is 28.2. The number of ether oxygens (including phenoxy) is 1. The molecule has 0 fully saturated rings. The minimum atomic E-state index is -1.95. The zero-order chi connectivity index (χ0) is 35.4. The van der Waals surface area contributed by atoms with Gasteiger partial charge in [0.1, 0.15) is 11.2 Å². The first-order valence-electron chi connectivity index (χ1n) is 17.3. The van der Waals surface area contributed by atoms with Crippen LogP contribution in [0.2, 0.25) is 0 Å². The molecule has 1 unspecified atom stereocenters. The Balaban J connectivity index is 1.47. The van der Waals surface area contributed by atoms with Crippen LogP contribution in [0.1, 0.15) is 39.5 Å². The van der Waals surface area contributed by atoms with E-state index < -0.39 is 17.3 Å². The fraction of sp³-hybridized carbons (Fsp3) is 0.0909. The van der Waals surface area contributed by atoms with Crippen LogP contribution >= 0.6 is 0 Å². The monoisotopic (exact) mass is 680 g/mol. The Hall–Kier alpha value is -6.80. The molecule has 0 radical (unpaired) electrons. The lowest BCUT2D eigenvalue weighted by Crippen LogP contribution is -2.47. The summed E-state index contributed by atoms with van der Waals surface area (Å²) in [7, 11) is 0. The second-order valence-corrected chi connectivity index (χ2v) is 12.9. The van der Waals surface area contributed by atoms with Crippen molar-refractivity contribution in [3.05, 3.63) is 185 Å². The number of ketones is 1. The highest BCUT2D eigenvalue weighted by molar-refractivity contribution is 6.33. The summed E-state index contributed by atoms with van der Waals surface area (Å²) in [5, 5.41) is 8.81. The summed E-state index contributed by atoms with van der Waals surface area (Å²) in [5.74, 6) is -0.962. The maximum Gasteiger partial charge on any atom is 0.337 e. The number of anilines is 1. The lowest BCUT2D eigenvalue weighted by Gasteiger charge is -2.36. The predicted octanol–water partition coefficient (Wildman–Crippen LogP) is 7.83. The Kier molecular flexibility index (Phi) is 7.32. The summed E-state index contributed by atoms with van der Waals surface area (Å²) in [5.41, 5.74) is 4.12. The van der Waals surface area contributed by atoms with Gasteiger partial charge in [-0.25, -0.2) is 9.48 Å². The molecule has 1 atom stereocenters. The molecule has 3 aliphatic rings. The smallest absolute Gasteiger partial charge is 0.337 e. The van der Waals surface area contributed by atoms with E-state index in [9.17, 15) is 4.79 Å². The van der Waals surface area contributed by atoms with Crippen molar-refractivity contribution in [2.24, 2.45) is 0 Å². The van der Waals surface area contributed by atoms with Gasteiger partial charge in [0.25, 0.3) is 0 Å². The van der Waals surface area contributed by atoms with Crippen LogP contribution in [0.3, 0.4) is 0 Å². The molecule has 1 spiro atoms. The van der Waals surface area contributed by atoms with E-state index in [0.29, 0.717) is 45.2 Å².